The van der Waals surface area contributed by atoms with Gasteiger partial charge >= 0.3 is 5.97 Å². The lowest BCUT2D eigenvalue weighted by atomic mass is 9.97. The third-order valence-electron chi connectivity index (χ3n) is 4.35. The Morgan fingerprint density at radius 1 is 1.45 bits per heavy atom. The first-order valence-corrected chi connectivity index (χ1v) is 8.07. The van der Waals surface area contributed by atoms with Crippen LogP contribution in [0.4, 0.5) is 0 Å². The fourth-order valence-corrected chi connectivity index (χ4v) is 3.07. The van der Waals surface area contributed by atoms with Gasteiger partial charge in [0.25, 0.3) is 0 Å². The molecule has 0 radical (unpaired) electrons. The van der Waals surface area contributed by atoms with E-state index < -0.39 is 5.54 Å². The molecule has 0 bridgehead atoms. The van der Waals surface area contributed by atoms with Crippen LogP contribution in [0.5, 0.6) is 0 Å². The second-order valence-corrected chi connectivity index (χ2v) is 6.39. The third kappa shape index (κ3) is 4.45. The summed E-state index contributed by atoms with van der Waals surface area (Å²) in [6.45, 7) is 10.8. The van der Waals surface area contributed by atoms with Crippen LogP contribution in [0.1, 0.15) is 53.4 Å². The van der Waals surface area contributed by atoms with Crippen molar-refractivity contribution < 1.29 is 9.53 Å². The molecule has 118 valence electrons. The molecule has 0 saturated heterocycles. The van der Waals surface area contributed by atoms with Crippen LogP contribution in [0.15, 0.2) is 0 Å². The SMILES string of the molecule is CCNC1(C(=O)OCC)CCC(N(C)CCC(C)C)C1. The molecule has 4 heteroatoms. The number of ether oxygens (including phenoxy) is 1. The Kier molecular flexibility index (Phi) is 6.96. The second-order valence-electron chi connectivity index (χ2n) is 6.39. The van der Waals surface area contributed by atoms with Crippen molar-refractivity contribution in [2.24, 2.45) is 5.92 Å². The van der Waals surface area contributed by atoms with E-state index in [1.54, 1.807) is 0 Å². The molecular formula is C16H32N2O2. The highest BCUT2D eigenvalue weighted by Gasteiger charge is 2.46. The molecule has 0 aromatic carbocycles. The molecular weight excluding hydrogens is 252 g/mol. The summed E-state index contributed by atoms with van der Waals surface area (Å²) in [5.41, 5.74) is -0.457. The quantitative estimate of drug-likeness (QED) is 0.695. The van der Waals surface area contributed by atoms with E-state index in [0.29, 0.717) is 12.6 Å². The second kappa shape index (κ2) is 7.99. The number of nitrogens with zero attached hydrogens (tertiary/aromatic N) is 1. The van der Waals surface area contributed by atoms with Crippen molar-refractivity contribution in [3.05, 3.63) is 0 Å². The van der Waals surface area contributed by atoms with Gasteiger partial charge in [-0.1, -0.05) is 20.8 Å². The van der Waals surface area contributed by atoms with Crippen LogP contribution < -0.4 is 5.32 Å². The van der Waals surface area contributed by atoms with Gasteiger partial charge < -0.3 is 15.0 Å². The zero-order valence-electron chi connectivity index (χ0n) is 13.9. The van der Waals surface area contributed by atoms with Crippen LogP contribution in [0.25, 0.3) is 0 Å². The lowest BCUT2D eigenvalue weighted by molar-refractivity contribution is -0.151. The minimum absolute atomic E-state index is 0.0680. The van der Waals surface area contributed by atoms with Crippen molar-refractivity contribution in [3.63, 3.8) is 0 Å². The number of carbonyl (C=O) groups excluding carboxylic acids is 1. The molecule has 0 aromatic heterocycles. The summed E-state index contributed by atoms with van der Waals surface area (Å²) >= 11 is 0. The Labute approximate surface area is 124 Å². The fraction of sp³-hybridized carbons (Fsp3) is 0.938. The van der Waals surface area contributed by atoms with Crippen molar-refractivity contribution in [1.82, 2.24) is 10.2 Å². The van der Waals surface area contributed by atoms with Crippen LogP contribution in [-0.2, 0) is 9.53 Å². The molecule has 2 atom stereocenters. The maximum atomic E-state index is 12.3. The predicted octanol–water partition coefficient (Wildman–Crippen LogP) is 2.43. The van der Waals surface area contributed by atoms with Gasteiger partial charge in [0.1, 0.15) is 5.54 Å². The molecule has 0 amide bonds. The number of esters is 1. The first-order chi connectivity index (χ1) is 9.45. The van der Waals surface area contributed by atoms with E-state index >= 15 is 0 Å². The van der Waals surface area contributed by atoms with Gasteiger partial charge in [-0.15, -0.1) is 0 Å². The fourth-order valence-electron chi connectivity index (χ4n) is 3.07. The van der Waals surface area contributed by atoms with E-state index in [-0.39, 0.29) is 5.97 Å². The van der Waals surface area contributed by atoms with Crippen LogP contribution in [0.2, 0.25) is 0 Å². The summed E-state index contributed by atoms with van der Waals surface area (Å²) in [5, 5.41) is 3.39. The Balaban J connectivity index is 2.62. The number of carbonyl (C=O) groups is 1. The lowest BCUT2D eigenvalue weighted by Crippen LogP contribution is -2.52. The first-order valence-electron chi connectivity index (χ1n) is 8.07. The van der Waals surface area contributed by atoms with Crippen molar-refractivity contribution in [2.75, 3.05) is 26.7 Å². The Morgan fingerprint density at radius 3 is 2.70 bits per heavy atom. The molecule has 1 saturated carbocycles. The number of hydrogen-bond acceptors (Lipinski definition) is 4. The minimum Gasteiger partial charge on any atom is -0.465 e. The third-order valence-corrected chi connectivity index (χ3v) is 4.35. The van der Waals surface area contributed by atoms with E-state index in [1.165, 1.54) is 6.42 Å². The Bertz CT molecular complexity index is 307. The Hall–Kier alpha value is -0.610. The molecule has 1 rings (SSSR count). The largest absolute Gasteiger partial charge is 0.465 e. The van der Waals surface area contributed by atoms with Gasteiger partial charge in [-0.2, -0.15) is 0 Å². The van der Waals surface area contributed by atoms with Gasteiger partial charge in [0.15, 0.2) is 0 Å². The van der Waals surface area contributed by atoms with E-state index in [9.17, 15) is 4.79 Å². The van der Waals surface area contributed by atoms with E-state index in [1.807, 2.05) is 6.92 Å². The summed E-state index contributed by atoms with van der Waals surface area (Å²) < 4.78 is 5.29. The highest BCUT2D eigenvalue weighted by atomic mass is 16.5. The molecule has 1 fully saturated rings. The molecule has 0 heterocycles. The van der Waals surface area contributed by atoms with Gasteiger partial charge in [0.05, 0.1) is 6.61 Å². The van der Waals surface area contributed by atoms with Gasteiger partial charge in [0.2, 0.25) is 0 Å². The van der Waals surface area contributed by atoms with Crippen LogP contribution in [-0.4, -0.2) is 49.2 Å². The summed E-state index contributed by atoms with van der Waals surface area (Å²) in [6.07, 6.45) is 4.03. The molecule has 4 nitrogen and oxygen atoms in total. The average Bonchev–Trinajstić information content (AvgIpc) is 2.82. The summed E-state index contributed by atoms with van der Waals surface area (Å²) in [4.78, 5) is 14.7. The monoisotopic (exact) mass is 284 g/mol. The van der Waals surface area contributed by atoms with Crippen molar-refractivity contribution in [2.45, 2.75) is 65.0 Å². The van der Waals surface area contributed by atoms with Crippen molar-refractivity contribution in [1.29, 1.82) is 0 Å². The highest BCUT2D eigenvalue weighted by molar-refractivity contribution is 5.81. The predicted molar refractivity (Wildman–Crippen MR) is 82.8 cm³/mol. The zero-order chi connectivity index (χ0) is 15.2. The molecule has 1 N–H and O–H groups in total. The van der Waals surface area contributed by atoms with Crippen LogP contribution >= 0.6 is 0 Å². The smallest absolute Gasteiger partial charge is 0.326 e. The minimum atomic E-state index is -0.457. The van der Waals surface area contributed by atoms with Crippen LogP contribution in [0, 0.1) is 5.92 Å². The lowest BCUT2D eigenvalue weighted by Gasteiger charge is -2.30. The van der Waals surface area contributed by atoms with E-state index in [4.69, 9.17) is 4.74 Å². The molecule has 0 aromatic rings. The number of rotatable bonds is 8. The average molecular weight is 284 g/mol. The van der Waals surface area contributed by atoms with Crippen LogP contribution in [0.3, 0.4) is 0 Å². The van der Waals surface area contributed by atoms with Gasteiger partial charge in [0, 0.05) is 6.04 Å². The standard InChI is InChI=1S/C16H32N2O2/c1-6-17-16(15(19)20-7-2)10-8-14(12-16)18(5)11-9-13(3)4/h13-14,17H,6-12H2,1-5H3. The maximum Gasteiger partial charge on any atom is 0.326 e. The zero-order valence-corrected chi connectivity index (χ0v) is 13.9. The van der Waals surface area contributed by atoms with Crippen molar-refractivity contribution >= 4 is 5.97 Å². The summed E-state index contributed by atoms with van der Waals surface area (Å²) in [7, 11) is 2.18. The van der Waals surface area contributed by atoms with Gasteiger partial charge in [-0.25, -0.2) is 0 Å². The first kappa shape index (κ1) is 17.4. The highest BCUT2D eigenvalue weighted by Crippen LogP contribution is 2.34. The molecule has 1 aliphatic carbocycles. The van der Waals surface area contributed by atoms with Crippen molar-refractivity contribution in [3.8, 4) is 0 Å². The number of hydrogen-bond donors (Lipinski definition) is 1. The number of likely N-dealkylation sites (N-methyl/N-ethyl adjacent to an activating group) is 1. The molecule has 20 heavy (non-hydrogen) atoms. The molecule has 0 spiro atoms. The topological polar surface area (TPSA) is 41.6 Å². The Morgan fingerprint density at radius 2 is 2.15 bits per heavy atom. The summed E-state index contributed by atoms with van der Waals surface area (Å²) in [6, 6.07) is 0.484. The molecule has 2 unspecified atom stereocenters. The van der Waals surface area contributed by atoms with E-state index in [2.05, 4.69) is 38.0 Å². The maximum absolute atomic E-state index is 12.3. The van der Waals surface area contributed by atoms with Gasteiger partial charge in [-0.3, -0.25) is 4.79 Å². The normalized spacial score (nSPS) is 26.4. The molecule has 1 aliphatic rings. The molecule has 0 aliphatic heterocycles. The van der Waals surface area contributed by atoms with E-state index in [0.717, 1.165) is 38.3 Å². The number of nitrogens with one attached hydrogen (secondary N) is 1. The summed E-state index contributed by atoms with van der Waals surface area (Å²) in [5.74, 6) is 0.657. The van der Waals surface area contributed by atoms with Gasteiger partial charge in [-0.05, 0) is 58.7 Å².